The predicted molar refractivity (Wildman–Crippen MR) is 129 cm³/mol. The Balaban J connectivity index is 1.57. The summed E-state index contributed by atoms with van der Waals surface area (Å²) in [6, 6.07) is 3.92. The van der Waals surface area contributed by atoms with E-state index in [2.05, 4.69) is 4.98 Å². The smallest absolute Gasteiger partial charge is 0.404 e. The van der Waals surface area contributed by atoms with E-state index in [1.54, 1.807) is 0 Å². The standard InChI is InChI=1S/C26H34FN3O6/c27-19-8-9-21-22(16-19)36-24(29-21)23(31)18(7-4-12-35-26(28)33)15-20(17-5-2-1-3-6-17)25(32)30-10-13-34-14-11-30/h8-9,16-18,20H,1-7,10-15H2,(H2,28,33). The molecular weight excluding hydrogens is 469 g/mol. The Morgan fingerprint density at radius 2 is 1.92 bits per heavy atom. The van der Waals surface area contributed by atoms with Crippen LogP contribution in [0, 0.1) is 23.6 Å². The number of hydrogen-bond donors (Lipinski definition) is 1. The monoisotopic (exact) mass is 503 g/mol. The molecule has 1 saturated carbocycles. The van der Waals surface area contributed by atoms with Gasteiger partial charge in [-0.25, -0.2) is 14.2 Å². The third kappa shape index (κ3) is 6.60. The van der Waals surface area contributed by atoms with Crippen molar-refractivity contribution < 1.29 is 32.7 Å². The molecule has 1 aliphatic carbocycles. The summed E-state index contributed by atoms with van der Waals surface area (Å²) in [5.74, 6) is -1.53. The molecule has 4 rings (SSSR count). The lowest BCUT2D eigenvalue weighted by atomic mass is 9.74. The van der Waals surface area contributed by atoms with Gasteiger partial charge in [0.2, 0.25) is 11.7 Å². The molecule has 1 aliphatic heterocycles. The van der Waals surface area contributed by atoms with Gasteiger partial charge in [0.1, 0.15) is 11.3 Å². The van der Waals surface area contributed by atoms with Gasteiger partial charge in [-0.05, 0) is 50.2 Å². The molecule has 2 aliphatic rings. The van der Waals surface area contributed by atoms with Crippen molar-refractivity contribution in [2.45, 2.75) is 51.4 Å². The summed E-state index contributed by atoms with van der Waals surface area (Å²) in [5.41, 5.74) is 5.66. The van der Waals surface area contributed by atoms with Crippen LogP contribution < -0.4 is 5.73 Å². The number of rotatable bonds is 10. The highest BCUT2D eigenvalue weighted by Crippen LogP contribution is 2.37. The van der Waals surface area contributed by atoms with E-state index in [9.17, 15) is 18.8 Å². The van der Waals surface area contributed by atoms with Crippen molar-refractivity contribution in [1.29, 1.82) is 0 Å². The number of halogens is 1. The summed E-state index contributed by atoms with van der Waals surface area (Å²) >= 11 is 0. The summed E-state index contributed by atoms with van der Waals surface area (Å²) in [6.45, 7) is 2.18. The average Bonchev–Trinajstić information content (AvgIpc) is 3.31. The number of ether oxygens (including phenoxy) is 2. The summed E-state index contributed by atoms with van der Waals surface area (Å²) in [4.78, 5) is 44.4. The number of hydrogen-bond acceptors (Lipinski definition) is 7. The van der Waals surface area contributed by atoms with Crippen LogP contribution in [0.15, 0.2) is 22.6 Å². The molecule has 0 spiro atoms. The maximum atomic E-state index is 13.7. The number of aromatic nitrogens is 1. The highest BCUT2D eigenvalue weighted by molar-refractivity contribution is 5.96. The van der Waals surface area contributed by atoms with Gasteiger partial charge in [-0.1, -0.05) is 19.3 Å². The van der Waals surface area contributed by atoms with Gasteiger partial charge in [0.05, 0.1) is 19.8 Å². The van der Waals surface area contributed by atoms with Gasteiger partial charge < -0.3 is 24.5 Å². The molecule has 2 fully saturated rings. The molecule has 2 heterocycles. The summed E-state index contributed by atoms with van der Waals surface area (Å²) in [6.07, 6.45) is 5.45. The molecular formula is C26H34FN3O6. The van der Waals surface area contributed by atoms with Crippen LogP contribution in [0.5, 0.6) is 0 Å². The zero-order valence-electron chi connectivity index (χ0n) is 20.5. The minimum atomic E-state index is -0.874. The first kappa shape index (κ1) is 26.1. The van der Waals surface area contributed by atoms with Gasteiger partial charge in [-0.2, -0.15) is 0 Å². The molecule has 1 saturated heterocycles. The fourth-order valence-corrected chi connectivity index (χ4v) is 5.39. The fourth-order valence-electron chi connectivity index (χ4n) is 5.39. The molecule has 1 aromatic carbocycles. The van der Waals surface area contributed by atoms with E-state index in [1.807, 2.05) is 4.90 Å². The molecule has 1 aromatic heterocycles. The maximum Gasteiger partial charge on any atom is 0.404 e. The van der Waals surface area contributed by atoms with Gasteiger partial charge in [-0.15, -0.1) is 0 Å². The SMILES string of the molecule is NC(=O)OCCCC(CC(C(=O)N1CCOCC1)C1CCCCC1)C(=O)c1nc2ccc(F)cc2o1. The first-order valence-corrected chi connectivity index (χ1v) is 12.8. The van der Waals surface area contributed by atoms with Crippen LogP contribution in [0.4, 0.5) is 9.18 Å². The van der Waals surface area contributed by atoms with Crippen LogP contribution in [0.25, 0.3) is 11.1 Å². The molecule has 2 amide bonds. The number of amides is 2. The van der Waals surface area contributed by atoms with Crippen LogP contribution in [0.3, 0.4) is 0 Å². The van der Waals surface area contributed by atoms with E-state index >= 15 is 0 Å². The summed E-state index contributed by atoms with van der Waals surface area (Å²) < 4.78 is 29.6. The molecule has 0 radical (unpaired) electrons. The van der Waals surface area contributed by atoms with E-state index in [4.69, 9.17) is 19.6 Å². The topological polar surface area (TPSA) is 125 Å². The number of oxazole rings is 1. The predicted octanol–water partition coefficient (Wildman–Crippen LogP) is 4.09. The highest BCUT2D eigenvalue weighted by atomic mass is 19.1. The van der Waals surface area contributed by atoms with Gasteiger partial charge >= 0.3 is 6.09 Å². The van der Waals surface area contributed by atoms with E-state index in [-0.39, 0.29) is 41.6 Å². The highest BCUT2D eigenvalue weighted by Gasteiger charge is 2.37. The Hall–Kier alpha value is -3.01. The first-order chi connectivity index (χ1) is 17.4. The Labute approximate surface area is 209 Å². The van der Waals surface area contributed by atoms with Gasteiger partial charge in [0.25, 0.3) is 5.89 Å². The number of carbonyl (C=O) groups excluding carboxylic acids is 3. The molecule has 10 heteroatoms. The maximum absolute atomic E-state index is 13.7. The van der Waals surface area contributed by atoms with Crippen molar-refractivity contribution in [3.05, 3.63) is 29.9 Å². The lowest BCUT2D eigenvalue weighted by Gasteiger charge is -2.36. The zero-order valence-corrected chi connectivity index (χ0v) is 20.5. The Kier molecular flexibility index (Phi) is 8.90. The second-order valence-corrected chi connectivity index (χ2v) is 9.68. The second-order valence-electron chi connectivity index (χ2n) is 9.68. The number of nitrogens with zero attached hydrogens (tertiary/aromatic N) is 2. The van der Waals surface area contributed by atoms with Gasteiger partial charge in [-0.3, -0.25) is 9.59 Å². The number of carbonyl (C=O) groups is 3. The van der Waals surface area contributed by atoms with Crippen molar-refractivity contribution in [3.63, 3.8) is 0 Å². The lowest BCUT2D eigenvalue weighted by Crippen LogP contribution is -2.46. The molecule has 196 valence electrons. The number of Topliss-reactive ketones (excluding diaryl/α,β-unsaturated/α-hetero) is 1. The minimum absolute atomic E-state index is 0.0658. The molecule has 2 atom stereocenters. The summed E-state index contributed by atoms with van der Waals surface area (Å²) in [5, 5.41) is 0. The molecule has 0 bridgehead atoms. The number of ketones is 1. The zero-order chi connectivity index (χ0) is 25.5. The fraction of sp³-hybridized carbons (Fsp3) is 0.615. The van der Waals surface area contributed by atoms with Crippen LogP contribution in [0.2, 0.25) is 0 Å². The molecule has 2 aromatic rings. The Bertz CT molecular complexity index is 1060. The average molecular weight is 504 g/mol. The first-order valence-electron chi connectivity index (χ1n) is 12.8. The second kappa shape index (κ2) is 12.3. The normalized spacial score (nSPS) is 18.6. The largest absolute Gasteiger partial charge is 0.450 e. The molecule has 36 heavy (non-hydrogen) atoms. The third-order valence-corrected chi connectivity index (χ3v) is 7.27. The van der Waals surface area contributed by atoms with Crippen molar-refractivity contribution in [2.24, 2.45) is 23.5 Å². The van der Waals surface area contributed by atoms with E-state index in [0.29, 0.717) is 51.1 Å². The number of morpholine rings is 1. The van der Waals surface area contributed by atoms with Crippen LogP contribution in [-0.2, 0) is 14.3 Å². The van der Waals surface area contributed by atoms with E-state index in [0.717, 1.165) is 32.1 Å². The van der Waals surface area contributed by atoms with Crippen molar-refractivity contribution in [2.75, 3.05) is 32.9 Å². The number of fused-ring (bicyclic) bond motifs is 1. The molecule has 9 nitrogen and oxygen atoms in total. The van der Waals surface area contributed by atoms with Crippen LogP contribution in [-0.4, -0.2) is 60.6 Å². The quantitative estimate of drug-likeness (QED) is 0.382. The van der Waals surface area contributed by atoms with E-state index < -0.39 is 17.8 Å². The number of primary amides is 1. The van der Waals surface area contributed by atoms with Gasteiger partial charge in [0.15, 0.2) is 5.58 Å². The minimum Gasteiger partial charge on any atom is -0.450 e. The molecule has 2 unspecified atom stereocenters. The Morgan fingerprint density at radius 1 is 1.17 bits per heavy atom. The van der Waals surface area contributed by atoms with Crippen molar-refractivity contribution >= 4 is 28.9 Å². The van der Waals surface area contributed by atoms with Crippen LogP contribution >= 0.6 is 0 Å². The Morgan fingerprint density at radius 3 is 2.64 bits per heavy atom. The van der Waals surface area contributed by atoms with Gasteiger partial charge in [0, 0.05) is 31.0 Å². The lowest BCUT2D eigenvalue weighted by molar-refractivity contribution is -0.142. The van der Waals surface area contributed by atoms with Crippen molar-refractivity contribution in [1.82, 2.24) is 9.88 Å². The number of nitrogens with two attached hydrogens (primary N) is 1. The van der Waals surface area contributed by atoms with E-state index in [1.165, 1.54) is 18.2 Å². The molecule has 2 N–H and O–H groups in total. The number of benzene rings is 1. The van der Waals surface area contributed by atoms with Crippen molar-refractivity contribution in [3.8, 4) is 0 Å². The summed E-state index contributed by atoms with van der Waals surface area (Å²) in [7, 11) is 0. The van der Waals surface area contributed by atoms with Crippen LogP contribution in [0.1, 0.15) is 62.1 Å². The third-order valence-electron chi connectivity index (χ3n) is 7.27.